The van der Waals surface area contributed by atoms with Gasteiger partial charge in [0.2, 0.25) is 11.8 Å². The number of carbonyl (C=O) groups is 2. The maximum absolute atomic E-state index is 12.9. The van der Waals surface area contributed by atoms with Gasteiger partial charge < -0.3 is 15.4 Å². The molecule has 0 saturated heterocycles. The zero-order valence-corrected chi connectivity index (χ0v) is 18.3. The third-order valence-corrected chi connectivity index (χ3v) is 4.67. The Balaban J connectivity index is 1.94. The predicted molar refractivity (Wildman–Crippen MR) is 124 cm³/mol. The highest BCUT2D eigenvalue weighted by atomic mass is 16.5. The van der Waals surface area contributed by atoms with E-state index in [9.17, 15) is 14.4 Å². The lowest BCUT2D eigenvalue weighted by Gasteiger charge is -2.13. The summed E-state index contributed by atoms with van der Waals surface area (Å²) in [6.07, 6.45) is 0.219. The Bertz CT molecular complexity index is 1170. The van der Waals surface area contributed by atoms with Crippen LogP contribution in [0.25, 0.3) is 11.3 Å². The van der Waals surface area contributed by atoms with Crippen LogP contribution in [0, 0.1) is 6.92 Å². The van der Waals surface area contributed by atoms with E-state index in [-0.39, 0.29) is 24.6 Å². The Morgan fingerprint density at radius 1 is 0.969 bits per heavy atom. The highest BCUT2D eigenvalue weighted by Gasteiger charge is 2.15. The number of benzene rings is 2. The van der Waals surface area contributed by atoms with Crippen molar-refractivity contribution in [3.63, 3.8) is 0 Å². The van der Waals surface area contributed by atoms with Crippen molar-refractivity contribution >= 4 is 23.2 Å². The van der Waals surface area contributed by atoms with Gasteiger partial charge >= 0.3 is 0 Å². The molecule has 32 heavy (non-hydrogen) atoms. The second kappa shape index (κ2) is 10.4. The Hall–Kier alpha value is -3.94. The molecule has 2 aromatic carbocycles. The average Bonchev–Trinajstić information content (AvgIpc) is 2.78. The van der Waals surface area contributed by atoms with Gasteiger partial charge in [-0.15, -0.1) is 0 Å². The zero-order valence-electron chi connectivity index (χ0n) is 18.3. The SMILES string of the molecule is CCOc1ccccc1NC(=O)Cn1nc(-c2ccc(C)cc2)cc(NC(=O)CC)c1=O. The minimum Gasteiger partial charge on any atom is -0.492 e. The van der Waals surface area contributed by atoms with Gasteiger partial charge in [-0.25, -0.2) is 4.68 Å². The van der Waals surface area contributed by atoms with E-state index in [0.29, 0.717) is 23.7 Å². The largest absolute Gasteiger partial charge is 0.492 e. The zero-order chi connectivity index (χ0) is 23.1. The van der Waals surface area contributed by atoms with E-state index in [1.54, 1.807) is 31.2 Å². The topological polar surface area (TPSA) is 102 Å². The van der Waals surface area contributed by atoms with E-state index in [4.69, 9.17) is 4.74 Å². The molecule has 2 amide bonds. The summed E-state index contributed by atoms with van der Waals surface area (Å²) in [4.78, 5) is 37.5. The maximum Gasteiger partial charge on any atom is 0.291 e. The summed E-state index contributed by atoms with van der Waals surface area (Å²) in [6.45, 7) is 5.64. The number of amides is 2. The van der Waals surface area contributed by atoms with Gasteiger partial charge in [0.15, 0.2) is 0 Å². The van der Waals surface area contributed by atoms with Crippen LogP contribution in [0.1, 0.15) is 25.8 Å². The summed E-state index contributed by atoms with van der Waals surface area (Å²) in [6, 6.07) is 16.2. The molecule has 0 bridgehead atoms. The first-order valence-electron chi connectivity index (χ1n) is 10.4. The van der Waals surface area contributed by atoms with E-state index in [1.807, 2.05) is 38.1 Å². The number of rotatable bonds is 8. The van der Waals surface area contributed by atoms with Crippen LogP contribution in [-0.2, 0) is 16.1 Å². The van der Waals surface area contributed by atoms with Crippen molar-refractivity contribution in [2.45, 2.75) is 33.7 Å². The van der Waals surface area contributed by atoms with E-state index >= 15 is 0 Å². The number of nitrogens with one attached hydrogen (secondary N) is 2. The first-order chi connectivity index (χ1) is 15.4. The molecule has 0 atom stereocenters. The van der Waals surface area contributed by atoms with Crippen molar-refractivity contribution in [2.24, 2.45) is 0 Å². The van der Waals surface area contributed by atoms with Crippen molar-refractivity contribution in [3.05, 3.63) is 70.5 Å². The number of aromatic nitrogens is 2. The summed E-state index contributed by atoms with van der Waals surface area (Å²) in [5.74, 6) is -0.210. The Labute approximate surface area is 186 Å². The van der Waals surface area contributed by atoms with Crippen molar-refractivity contribution < 1.29 is 14.3 Å². The van der Waals surface area contributed by atoms with Crippen LogP contribution in [0.3, 0.4) is 0 Å². The third-order valence-electron chi connectivity index (χ3n) is 4.67. The predicted octanol–water partition coefficient (Wildman–Crippen LogP) is 3.60. The van der Waals surface area contributed by atoms with Gasteiger partial charge in [0.1, 0.15) is 18.0 Å². The van der Waals surface area contributed by atoms with Gasteiger partial charge in [0.25, 0.3) is 5.56 Å². The molecule has 0 unspecified atom stereocenters. The molecule has 1 heterocycles. The number of hydrogen-bond donors (Lipinski definition) is 2. The number of hydrogen-bond acceptors (Lipinski definition) is 5. The summed E-state index contributed by atoms with van der Waals surface area (Å²) in [5, 5.41) is 9.73. The van der Waals surface area contributed by atoms with Crippen molar-refractivity contribution in [1.29, 1.82) is 0 Å². The number of ether oxygens (including phenoxy) is 1. The molecule has 0 spiro atoms. The van der Waals surface area contributed by atoms with Gasteiger partial charge in [0, 0.05) is 12.0 Å². The van der Waals surface area contributed by atoms with Crippen LogP contribution in [0.5, 0.6) is 5.75 Å². The standard InChI is InChI=1S/C24H26N4O4/c1-4-22(29)26-20-14-19(17-12-10-16(3)11-13-17)27-28(24(20)31)15-23(30)25-18-8-6-7-9-21(18)32-5-2/h6-14H,4-5,15H2,1-3H3,(H,25,30)(H,26,29). The molecular formula is C24H26N4O4. The molecular weight excluding hydrogens is 408 g/mol. The van der Waals surface area contributed by atoms with E-state index < -0.39 is 11.5 Å². The normalized spacial score (nSPS) is 10.5. The fourth-order valence-corrected chi connectivity index (χ4v) is 3.02. The molecule has 3 aromatic rings. The number of carbonyl (C=O) groups excluding carboxylic acids is 2. The van der Waals surface area contributed by atoms with Crippen LogP contribution < -0.4 is 20.9 Å². The molecule has 0 fully saturated rings. The van der Waals surface area contributed by atoms with E-state index in [1.165, 1.54) is 6.07 Å². The highest BCUT2D eigenvalue weighted by Crippen LogP contribution is 2.24. The third kappa shape index (κ3) is 5.60. The van der Waals surface area contributed by atoms with Gasteiger partial charge in [-0.3, -0.25) is 14.4 Å². The van der Waals surface area contributed by atoms with Crippen LogP contribution in [0.2, 0.25) is 0 Å². The van der Waals surface area contributed by atoms with Crippen molar-refractivity contribution in [3.8, 4) is 17.0 Å². The Morgan fingerprint density at radius 2 is 1.66 bits per heavy atom. The molecule has 2 N–H and O–H groups in total. The Morgan fingerprint density at radius 3 is 2.34 bits per heavy atom. The Kier molecular flexibility index (Phi) is 7.38. The molecule has 166 valence electrons. The van der Waals surface area contributed by atoms with Crippen molar-refractivity contribution in [2.75, 3.05) is 17.2 Å². The lowest BCUT2D eigenvalue weighted by molar-refractivity contribution is -0.117. The summed E-state index contributed by atoms with van der Waals surface area (Å²) < 4.78 is 6.58. The summed E-state index contributed by atoms with van der Waals surface area (Å²) in [5.41, 5.74) is 2.33. The van der Waals surface area contributed by atoms with Crippen LogP contribution in [0.15, 0.2) is 59.4 Å². The molecule has 0 saturated carbocycles. The molecule has 0 aliphatic carbocycles. The summed E-state index contributed by atoms with van der Waals surface area (Å²) in [7, 11) is 0. The summed E-state index contributed by atoms with van der Waals surface area (Å²) >= 11 is 0. The molecule has 3 rings (SSSR count). The smallest absolute Gasteiger partial charge is 0.291 e. The fourth-order valence-electron chi connectivity index (χ4n) is 3.02. The second-order valence-electron chi connectivity index (χ2n) is 7.15. The monoisotopic (exact) mass is 434 g/mol. The number of aryl methyl sites for hydroxylation is 1. The van der Waals surface area contributed by atoms with Gasteiger partial charge in [-0.05, 0) is 32.0 Å². The number of nitrogens with zero attached hydrogens (tertiary/aromatic N) is 2. The van der Waals surface area contributed by atoms with Gasteiger partial charge in [-0.2, -0.15) is 5.10 Å². The van der Waals surface area contributed by atoms with Crippen LogP contribution >= 0.6 is 0 Å². The van der Waals surface area contributed by atoms with Gasteiger partial charge in [-0.1, -0.05) is 48.9 Å². The minimum absolute atomic E-state index is 0.0740. The lowest BCUT2D eigenvalue weighted by Crippen LogP contribution is -2.32. The fraction of sp³-hybridized carbons (Fsp3) is 0.250. The molecule has 8 heteroatoms. The lowest BCUT2D eigenvalue weighted by atomic mass is 10.1. The highest BCUT2D eigenvalue weighted by molar-refractivity contribution is 5.92. The average molecular weight is 434 g/mol. The number of anilines is 2. The molecule has 0 radical (unpaired) electrons. The van der Waals surface area contributed by atoms with Crippen LogP contribution in [0.4, 0.5) is 11.4 Å². The second-order valence-corrected chi connectivity index (χ2v) is 7.15. The van der Waals surface area contributed by atoms with Gasteiger partial charge in [0.05, 0.1) is 18.0 Å². The molecule has 0 aliphatic heterocycles. The molecule has 1 aromatic heterocycles. The molecule has 0 aliphatic rings. The van der Waals surface area contributed by atoms with Crippen LogP contribution in [-0.4, -0.2) is 28.2 Å². The van der Waals surface area contributed by atoms with Crippen molar-refractivity contribution in [1.82, 2.24) is 9.78 Å². The minimum atomic E-state index is -0.559. The van der Waals surface area contributed by atoms with E-state index in [2.05, 4.69) is 15.7 Å². The maximum atomic E-state index is 12.9. The first-order valence-corrected chi connectivity index (χ1v) is 10.4. The molecule has 8 nitrogen and oxygen atoms in total. The first kappa shape index (κ1) is 22.7. The van der Waals surface area contributed by atoms with E-state index in [0.717, 1.165) is 15.8 Å². The quantitative estimate of drug-likeness (QED) is 0.564. The number of para-hydroxylation sites is 2.